The van der Waals surface area contributed by atoms with Crippen molar-refractivity contribution in [2.24, 2.45) is 5.92 Å². The largest absolute Gasteiger partial charge is 0.326 e. The van der Waals surface area contributed by atoms with Crippen LogP contribution in [0.3, 0.4) is 0 Å². The van der Waals surface area contributed by atoms with Crippen LogP contribution in [0.5, 0.6) is 0 Å². The first-order chi connectivity index (χ1) is 14.7. The summed E-state index contributed by atoms with van der Waals surface area (Å²) in [6.45, 7) is 2.50. The van der Waals surface area contributed by atoms with Crippen molar-refractivity contribution in [1.82, 2.24) is 19.4 Å². The van der Waals surface area contributed by atoms with Crippen molar-refractivity contribution in [1.29, 1.82) is 0 Å². The number of sulfonamides is 1. The van der Waals surface area contributed by atoms with Gasteiger partial charge in [-0.05, 0) is 30.9 Å². The number of hydrogen-bond donors (Lipinski definition) is 1. The molecule has 1 N–H and O–H groups in total. The van der Waals surface area contributed by atoms with E-state index in [-0.39, 0.29) is 44.7 Å². The van der Waals surface area contributed by atoms with E-state index < -0.39 is 38.1 Å². The minimum absolute atomic E-state index is 0.00129. The number of nitrogens with one attached hydrogen (secondary N) is 1. The summed E-state index contributed by atoms with van der Waals surface area (Å²) in [7, 11) is -4.33. The second kappa shape index (κ2) is 8.10. The van der Waals surface area contributed by atoms with E-state index in [0.717, 1.165) is 41.8 Å². The molecule has 1 aliphatic carbocycles. The molecule has 1 saturated carbocycles. The summed E-state index contributed by atoms with van der Waals surface area (Å²) >= 11 is 0. The van der Waals surface area contributed by atoms with E-state index in [1.54, 1.807) is 4.90 Å². The number of urea groups is 1. The van der Waals surface area contributed by atoms with Crippen LogP contribution in [0.4, 0.5) is 13.6 Å². The van der Waals surface area contributed by atoms with Crippen LogP contribution in [-0.4, -0.2) is 72.8 Å². The average molecular weight is 457 g/mol. The van der Waals surface area contributed by atoms with Crippen molar-refractivity contribution in [3.05, 3.63) is 29.8 Å². The number of amides is 3. The number of halogens is 2. The number of imide groups is 1. The third-order valence-electron chi connectivity index (χ3n) is 6.69. The van der Waals surface area contributed by atoms with Crippen molar-refractivity contribution in [3.63, 3.8) is 0 Å². The summed E-state index contributed by atoms with van der Waals surface area (Å²) in [6.07, 6.45) is 3.41. The molecule has 3 fully saturated rings. The van der Waals surface area contributed by atoms with Crippen molar-refractivity contribution in [3.8, 4) is 0 Å². The second-order valence-electron chi connectivity index (χ2n) is 8.50. The van der Waals surface area contributed by atoms with Gasteiger partial charge in [-0.15, -0.1) is 0 Å². The molecule has 1 spiro atoms. The summed E-state index contributed by atoms with van der Waals surface area (Å²) in [5, 5.41) is 2.90. The lowest BCUT2D eigenvalue weighted by Gasteiger charge is -2.38. The zero-order valence-corrected chi connectivity index (χ0v) is 18.1. The average Bonchev–Trinajstić information content (AvgIpc) is 2.95. The Bertz CT molecular complexity index is 977. The molecule has 2 heterocycles. The number of carbonyl (C=O) groups is 2. The molecule has 170 valence electrons. The van der Waals surface area contributed by atoms with E-state index >= 15 is 0 Å². The molecule has 31 heavy (non-hydrogen) atoms. The molecular weight excluding hydrogens is 430 g/mol. The molecule has 0 radical (unpaired) electrons. The van der Waals surface area contributed by atoms with Crippen LogP contribution in [0, 0.1) is 17.6 Å². The van der Waals surface area contributed by atoms with Crippen molar-refractivity contribution >= 4 is 22.0 Å². The summed E-state index contributed by atoms with van der Waals surface area (Å²) < 4.78 is 54.5. The van der Waals surface area contributed by atoms with Gasteiger partial charge in [-0.1, -0.05) is 25.8 Å². The van der Waals surface area contributed by atoms with Gasteiger partial charge < -0.3 is 5.32 Å². The fourth-order valence-corrected chi connectivity index (χ4v) is 6.32. The maximum absolute atomic E-state index is 14.0. The molecule has 0 bridgehead atoms. The van der Waals surface area contributed by atoms with Gasteiger partial charge in [0, 0.05) is 26.2 Å². The minimum Gasteiger partial charge on any atom is -0.323 e. The highest BCUT2D eigenvalue weighted by molar-refractivity contribution is 7.89. The number of hydrogen-bond acceptors (Lipinski definition) is 5. The van der Waals surface area contributed by atoms with Crippen LogP contribution in [0.25, 0.3) is 0 Å². The number of nitrogens with zero attached hydrogens (tertiary/aromatic N) is 3. The van der Waals surface area contributed by atoms with Crippen LogP contribution in [0.15, 0.2) is 23.1 Å². The van der Waals surface area contributed by atoms with Gasteiger partial charge >= 0.3 is 6.03 Å². The zero-order chi connectivity index (χ0) is 22.4. The maximum atomic E-state index is 14.0. The molecular formula is C20H26F2N4O4S. The number of rotatable bonds is 4. The second-order valence-corrected chi connectivity index (χ2v) is 10.4. The molecule has 3 amide bonds. The van der Waals surface area contributed by atoms with Crippen molar-refractivity contribution in [2.75, 3.05) is 32.8 Å². The smallest absolute Gasteiger partial charge is 0.323 e. The Hall–Kier alpha value is -2.11. The van der Waals surface area contributed by atoms with E-state index in [0.29, 0.717) is 6.42 Å². The van der Waals surface area contributed by atoms with E-state index in [1.807, 2.05) is 6.92 Å². The third kappa shape index (κ3) is 3.72. The Kier molecular flexibility index (Phi) is 5.78. The van der Waals surface area contributed by atoms with Crippen molar-refractivity contribution < 1.29 is 26.8 Å². The molecule has 2 aliphatic heterocycles. The predicted octanol–water partition coefficient (Wildman–Crippen LogP) is 1.73. The van der Waals surface area contributed by atoms with Crippen molar-refractivity contribution in [2.45, 2.75) is 43.0 Å². The van der Waals surface area contributed by atoms with Gasteiger partial charge in [0.05, 0.1) is 6.67 Å². The van der Waals surface area contributed by atoms with Gasteiger partial charge in [0.2, 0.25) is 10.0 Å². The van der Waals surface area contributed by atoms with Gasteiger partial charge in [0.15, 0.2) is 4.90 Å². The monoisotopic (exact) mass is 456 g/mol. The van der Waals surface area contributed by atoms with Crippen LogP contribution in [0.2, 0.25) is 0 Å². The quantitative estimate of drug-likeness (QED) is 0.697. The summed E-state index contributed by atoms with van der Waals surface area (Å²) in [4.78, 5) is 27.7. The molecule has 2 unspecified atom stereocenters. The fourth-order valence-electron chi connectivity index (χ4n) is 4.79. The van der Waals surface area contributed by atoms with E-state index in [9.17, 15) is 26.8 Å². The molecule has 4 rings (SSSR count). The van der Waals surface area contributed by atoms with E-state index in [2.05, 4.69) is 5.32 Å². The molecule has 8 nitrogen and oxygen atoms in total. The van der Waals surface area contributed by atoms with Gasteiger partial charge in [0.1, 0.15) is 17.2 Å². The lowest BCUT2D eigenvalue weighted by Crippen LogP contribution is -2.55. The highest BCUT2D eigenvalue weighted by Crippen LogP contribution is 2.38. The summed E-state index contributed by atoms with van der Waals surface area (Å²) in [6, 6.07) is 2.50. The Labute approximate surface area is 180 Å². The molecule has 3 aliphatic rings. The first-order valence-electron chi connectivity index (χ1n) is 10.5. The number of carbonyl (C=O) groups excluding carboxylic acids is 2. The highest BCUT2D eigenvalue weighted by atomic mass is 32.2. The van der Waals surface area contributed by atoms with Gasteiger partial charge in [-0.3, -0.25) is 9.69 Å². The Morgan fingerprint density at radius 3 is 2.35 bits per heavy atom. The lowest BCUT2D eigenvalue weighted by atomic mass is 9.73. The van der Waals surface area contributed by atoms with Gasteiger partial charge in [-0.25, -0.2) is 26.9 Å². The Morgan fingerprint density at radius 2 is 1.74 bits per heavy atom. The van der Waals surface area contributed by atoms with Gasteiger partial charge in [-0.2, -0.15) is 4.31 Å². The molecule has 0 aromatic heterocycles. The predicted molar refractivity (Wildman–Crippen MR) is 107 cm³/mol. The number of benzene rings is 1. The SMILES string of the molecule is CC1CCCCC12NC(=O)N(CN1CCN(S(=O)(=O)c3c(F)cccc3F)CC1)C2=O. The van der Waals surface area contributed by atoms with Crippen LogP contribution in [-0.2, 0) is 14.8 Å². The van der Waals surface area contributed by atoms with Crippen LogP contribution >= 0.6 is 0 Å². The summed E-state index contributed by atoms with van der Waals surface area (Å²) in [5.41, 5.74) is -0.844. The topological polar surface area (TPSA) is 90.0 Å². The number of piperazine rings is 1. The maximum Gasteiger partial charge on any atom is 0.326 e. The Morgan fingerprint density at radius 1 is 1.10 bits per heavy atom. The molecule has 11 heteroatoms. The molecule has 2 saturated heterocycles. The zero-order valence-electron chi connectivity index (χ0n) is 17.3. The fraction of sp³-hybridized carbons (Fsp3) is 0.600. The highest BCUT2D eigenvalue weighted by Gasteiger charge is 2.55. The first-order valence-corrected chi connectivity index (χ1v) is 11.9. The summed E-state index contributed by atoms with van der Waals surface area (Å²) in [5.74, 6) is -2.43. The lowest BCUT2D eigenvalue weighted by molar-refractivity contribution is -0.135. The minimum atomic E-state index is -4.33. The third-order valence-corrected chi connectivity index (χ3v) is 8.64. The van der Waals surface area contributed by atoms with E-state index in [4.69, 9.17) is 0 Å². The molecule has 1 aromatic carbocycles. The Balaban J connectivity index is 1.42. The normalized spacial score (nSPS) is 28.4. The molecule has 2 atom stereocenters. The first kappa shape index (κ1) is 22.1. The van der Waals surface area contributed by atoms with Crippen LogP contribution in [0.1, 0.15) is 32.6 Å². The van der Waals surface area contributed by atoms with Crippen LogP contribution < -0.4 is 5.32 Å². The standard InChI is InChI=1S/C20H26F2N4O4S/c1-14-5-2-3-8-20(14)18(27)26(19(28)23-20)13-24-9-11-25(12-10-24)31(29,30)17-15(21)6-4-7-16(17)22/h4,6-7,14H,2-3,5,8-13H2,1H3,(H,23,28). The van der Waals surface area contributed by atoms with E-state index in [1.165, 1.54) is 4.90 Å². The molecule has 1 aromatic rings. The van der Waals surface area contributed by atoms with Gasteiger partial charge in [0.25, 0.3) is 5.91 Å².